The first-order valence-corrected chi connectivity index (χ1v) is 19.1. The molecule has 54 heavy (non-hydrogen) atoms. The molecule has 2 heterocycles. The van der Waals surface area contributed by atoms with Crippen LogP contribution in [0, 0.1) is 21.0 Å². The highest BCUT2D eigenvalue weighted by molar-refractivity contribution is 14.1. The molecule has 6 N–H and O–H groups in total. The lowest BCUT2D eigenvalue weighted by atomic mass is 9.92. The Bertz CT molecular complexity index is 1790. The van der Waals surface area contributed by atoms with Crippen LogP contribution >= 0.6 is 45.2 Å². The smallest absolute Gasteiger partial charge is 0.306 e. The summed E-state index contributed by atoms with van der Waals surface area (Å²) in [6.07, 6.45) is -2.70. The van der Waals surface area contributed by atoms with Crippen LogP contribution in [0.2, 0.25) is 0 Å². The lowest BCUT2D eigenvalue weighted by molar-refractivity contribution is -0.140. The summed E-state index contributed by atoms with van der Waals surface area (Å²) in [4.78, 5) is 30.8. The predicted octanol–water partition coefficient (Wildman–Crippen LogP) is 5.00. The average Bonchev–Trinajstić information content (AvgIpc) is 3.11. The normalized spacial score (nSPS) is 12.2. The van der Waals surface area contributed by atoms with E-state index in [4.69, 9.17) is 29.2 Å². The summed E-state index contributed by atoms with van der Waals surface area (Å²) < 4.78 is 25.0. The third-order valence-electron chi connectivity index (χ3n) is 8.48. The number of nitrogens with zero attached hydrogens (tertiary/aromatic N) is 2. The van der Waals surface area contributed by atoms with E-state index in [0.29, 0.717) is 36.6 Å². The summed E-state index contributed by atoms with van der Waals surface area (Å²) in [5, 5.41) is 43.5. The molecule has 0 fully saturated rings. The van der Waals surface area contributed by atoms with Gasteiger partial charge in [0.15, 0.2) is 0 Å². The van der Waals surface area contributed by atoms with Crippen molar-refractivity contribution in [3.05, 3.63) is 89.1 Å². The Balaban J connectivity index is 1.43. The molecule has 4 rings (SSSR count). The van der Waals surface area contributed by atoms with Crippen molar-refractivity contribution in [2.45, 2.75) is 65.2 Å². The molecule has 2 aromatic carbocycles. The summed E-state index contributed by atoms with van der Waals surface area (Å²) >= 11 is 4.31. The molecular weight excluding hydrogens is 926 g/mol. The number of benzene rings is 2. The molecule has 0 aliphatic rings. The Morgan fingerprint density at radius 3 is 1.41 bits per heavy atom. The van der Waals surface area contributed by atoms with Crippen molar-refractivity contribution in [2.24, 2.45) is 0 Å². The molecule has 0 saturated heterocycles. The minimum absolute atomic E-state index is 0.113. The first kappa shape index (κ1) is 42.9. The van der Waals surface area contributed by atoms with Crippen molar-refractivity contribution in [2.75, 3.05) is 27.3 Å². The number of rotatable bonds is 21. The lowest BCUT2D eigenvalue weighted by Gasteiger charge is -2.18. The fraction of sp³-hybridized carbons (Fsp3) is 0.368. The molecule has 0 saturated carbocycles. The molecule has 0 aliphatic heterocycles. The van der Waals surface area contributed by atoms with Crippen molar-refractivity contribution >= 4 is 57.1 Å². The van der Waals surface area contributed by atoms with E-state index in [-0.39, 0.29) is 39.1 Å². The quantitative estimate of drug-likeness (QED) is 0.0610. The number of carbonyl (C=O) groups is 2. The SMILES string of the molecule is COc1nc(OCc2cccc(-c3cccc(COc4nc(OC)c(CNCC(O)CC(=O)O)cc4I)c3C)c2C)c(I)cc1CNCC(O)CC(=O)O. The Morgan fingerprint density at radius 2 is 1.06 bits per heavy atom. The minimum atomic E-state index is -1.06. The zero-order valence-corrected chi connectivity index (χ0v) is 34.6. The van der Waals surface area contributed by atoms with Gasteiger partial charge in [-0.15, -0.1) is 0 Å². The third-order valence-corrected chi connectivity index (χ3v) is 10.0. The maximum atomic E-state index is 10.8. The van der Waals surface area contributed by atoms with E-state index in [1.54, 1.807) is 0 Å². The molecule has 0 bridgehead atoms. The molecule has 290 valence electrons. The molecule has 2 aromatic heterocycles. The van der Waals surface area contributed by atoms with E-state index >= 15 is 0 Å². The number of hydrogen-bond acceptors (Lipinski definition) is 12. The van der Waals surface area contributed by atoms with Crippen LogP contribution in [0.3, 0.4) is 0 Å². The van der Waals surface area contributed by atoms with Crippen molar-refractivity contribution in [3.63, 3.8) is 0 Å². The number of methoxy groups -OCH3 is 2. The van der Waals surface area contributed by atoms with Gasteiger partial charge in [0.1, 0.15) is 13.2 Å². The summed E-state index contributed by atoms with van der Waals surface area (Å²) in [6.45, 7) is 5.54. The van der Waals surface area contributed by atoms with Gasteiger partial charge in [0.25, 0.3) is 0 Å². The maximum Gasteiger partial charge on any atom is 0.306 e. The highest BCUT2D eigenvalue weighted by Crippen LogP contribution is 2.33. The van der Waals surface area contributed by atoms with E-state index in [1.807, 2.05) is 36.4 Å². The van der Waals surface area contributed by atoms with Crippen LogP contribution in [0.15, 0.2) is 48.5 Å². The Kier molecular flexibility index (Phi) is 16.5. The first-order valence-electron chi connectivity index (χ1n) is 16.9. The average molecular weight is 971 g/mol. The van der Waals surface area contributed by atoms with Crippen molar-refractivity contribution in [1.82, 2.24) is 20.6 Å². The fourth-order valence-corrected chi connectivity index (χ4v) is 6.95. The second-order valence-electron chi connectivity index (χ2n) is 12.4. The van der Waals surface area contributed by atoms with Gasteiger partial charge in [-0.1, -0.05) is 36.4 Å². The standard InChI is InChI=1S/C38H44I2N4O10/c1-21-23(19-53-37-31(39)11-25(35(43-37)51-3)15-41-17-27(45)13-33(47)48)7-5-9-29(21)30-10-6-8-24(22(30)2)20-54-38-32(40)12-26(36(44-38)52-4)16-42-18-28(46)14-34(49)50/h5-12,27-28,41-42,45-46H,13-20H2,1-4H3,(H,47,48)(H,49,50). The first-order chi connectivity index (χ1) is 25.8. The number of nitrogens with one attached hydrogen (secondary N) is 2. The molecule has 0 radical (unpaired) electrons. The van der Waals surface area contributed by atoms with Crippen LogP contribution in [-0.4, -0.2) is 81.8 Å². The van der Waals surface area contributed by atoms with Crippen molar-refractivity contribution < 1.29 is 49.0 Å². The third kappa shape index (κ3) is 12.1. The summed E-state index contributed by atoms with van der Waals surface area (Å²) in [5.74, 6) is -0.556. The second-order valence-corrected chi connectivity index (χ2v) is 14.7. The number of carboxylic acids is 2. The number of aromatic nitrogens is 2. The number of pyridine rings is 2. The van der Waals surface area contributed by atoms with E-state index in [2.05, 4.69) is 91.8 Å². The molecule has 14 nitrogen and oxygen atoms in total. The van der Waals surface area contributed by atoms with Crippen LogP contribution < -0.4 is 29.6 Å². The number of aliphatic hydroxyl groups excluding tert-OH is 2. The largest absolute Gasteiger partial charge is 0.481 e. The number of halogens is 2. The number of ether oxygens (including phenoxy) is 4. The molecule has 0 spiro atoms. The predicted molar refractivity (Wildman–Crippen MR) is 217 cm³/mol. The topological polar surface area (TPSA) is 202 Å². The zero-order chi connectivity index (χ0) is 39.4. The summed E-state index contributed by atoms with van der Waals surface area (Å²) in [7, 11) is 3.03. The van der Waals surface area contributed by atoms with Crippen molar-refractivity contribution in [1.29, 1.82) is 0 Å². The van der Waals surface area contributed by atoms with E-state index in [0.717, 1.165) is 51.6 Å². The molecule has 0 aliphatic carbocycles. The van der Waals surface area contributed by atoms with E-state index < -0.39 is 24.1 Å². The van der Waals surface area contributed by atoms with Gasteiger partial charge in [0, 0.05) is 37.3 Å². The van der Waals surface area contributed by atoms with Gasteiger partial charge in [-0.25, -0.2) is 0 Å². The Hall–Kier alpha value is -3.82. The second kappa shape index (κ2) is 20.7. The van der Waals surface area contributed by atoms with Gasteiger partial charge in [-0.05, 0) is 105 Å². The van der Waals surface area contributed by atoms with Gasteiger partial charge in [0.05, 0.1) is 46.4 Å². The van der Waals surface area contributed by atoms with E-state index in [1.165, 1.54) is 14.2 Å². The van der Waals surface area contributed by atoms with Crippen molar-refractivity contribution in [3.8, 4) is 34.6 Å². The Morgan fingerprint density at radius 1 is 0.667 bits per heavy atom. The van der Waals surface area contributed by atoms with Gasteiger partial charge in [0.2, 0.25) is 23.5 Å². The fourth-order valence-electron chi connectivity index (χ4n) is 5.65. The Labute approximate surface area is 340 Å². The molecule has 2 atom stereocenters. The zero-order valence-electron chi connectivity index (χ0n) is 30.3. The highest BCUT2D eigenvalue weighted by atomic mass is 127. The van der Waals surface area contributed by atoms with Crippen LogP contribution in [0.4, 0.5) is 0 Å². The monoisotopic (exact) mass is 970 g/mol. The summed E-state index contributed by atoms with van der Waals surface area (Å²) in [5.41, 5.74) is 7.70. The van der Waals surface area contributed by atoms with E-state index in [9.17, 15) is 19.8 Å². The molecular formula is C38H44I2N4O10. The van der Waals surface area contributed by atoms with Crippen LogP contribution in [0.25, 0.3) is 11.1 Å². The molecule has 2 unspecified atom stereocenters. The number of hydrogen-bond donors (Lipinski definition) is 6. The van der Waals surface area contributed by atoms with Gasteiger partial charge in [-0.3, -0.25) is 9.59 Å². The molecule has 0 amide bonds. The highest BCUT2D eigenvalue weighted by Gasteiger charge is 2.18. The number of aliphatic carboxylic acids is 2. The van der Waals surface area contributed by atoms with Gasteiger partial charge < -0.3 is 50.0 Å². The summed E-state index contributed by atoms with van der Waals surface area (Å²) in [6, 6.07) is 16.0. The maximum absolute atomic E-state index is 10.8. The van der Waals surface area contributed by atoms with Gasteiger partial charge in [-0.2, -0.15) is 9.97 Å². The van der Waals surface area contributed by atoms with Gasteiger partial charge >= 0.3 is 11.9 Å². The lowest BCUT2D eigenvalue weighted by Crippen LogP contribution is -2.28. The number of carboxylic acid groups (broad SMARTS) is 2. The van der Waals surface area contributed by atoms with Crippen LogP contribution in [0.1, 0.15) is 46.2 Å². The minimum Gasteiger partial charge on any atom is -0.481 e. The number of aliphatic hydroxyl groups is 2. The molecule has 16 heteroatoms. The molecule has 4 aromatic rings. The van der Waals surface area contributed by atoms with Crippen LogP contribution in [0.5, 0.6) is 23.5 Å². The van der Waals surface area contributed by atoms with Crippen LogP contribution in [-0.2, 0) is 35.9 Å².